The Morgan fingerprint density at radius 3 is 2.65 bits per heavy atom. The number of halogens is 2. The number of aromatic nitrogens is 2. The van der Waals surface area contributed by atoms with E-state index in [0.29, 0.717) is 11.5 Å². The number of hydrogen-bond donors (Lipinski definition) is 2. The number of benzene rings is 1. The number of nitrogens with one attached hydrogen (secondary N) is 2. The monoisotopic (exact) mass is 338 g/mol. The molecule has 0 aliphatic heterocycles. The third-order valence-corrected chi connectivity index (χ3v) is 3.32. The summed E-state index contributed by atoms with van der Waals surface area (Å²) >= 11 is 3.33. The maximum Gasteiger partial charge on any atom is 0.146 e. The molecular weight excluding hydrogens is 323 g/mol. The highest BCUT2D eigenvalue weighted by molar-refractivity contribution is 9.10. The van der Waals surface area contributed by atoms with Gasteiger partial charge in [-0.15, -0.1) is 0 Å². The first-order valence-corrected chi connectivity index (χ1v) is 7.24. The lowest BCUT2D eigenvalue weighted by Crippen LogP contribution is -2.08. The molecule has 2 rings (SSSR count). The molecule has 0 amide bonds. The van der Waals surface area contributed by atoms with Gasteiger partial charge in [0, 0.05) is 16.6 Å². The fourth-order valence-electron chi connectivity index (χ4n) is 1.90. The quantitative estimate of drug-likeness (QED) is 0.861. The van der Waals surface area contributed by atoms with E-state index < -0.39 is 0 Å². The highest BCUT2D eigenvalue weighted by Gasteiger charge is 2.11. The summed E-state index contributed by atoms with van der Waals surface area (Å²) in [5.74, 6) is 1.08. The first-order chi connectivity index (χ1) is 9.65. The van der Waals surface area contributed by atoms with Gasteiger partial charge in [-0.1, -0.05) is 22.9 Å². The van der Waals surface area contributed by atoms with Crippen molar-refractivity contribution in [1.82, 2.24) is 9.97 Å². The van der Waals surface area contributed by atoms with Crippen LogP contribution in [0.3, 0.4) is 0 Å². The van der Waals surface area contributed by atoms with E-state index in [-0.39, 0.29) is 5.82 Å². The molecule has 0 spiro atoms. The summed E-state index contributed by atoms with van der Waals surface area (Å²) in [6.07, 6.45) is 2.22. The average molecular weight is 339 g/mol. The zero-order chi connectivity index (χ0) is 14.5. The highest BCUT2D eigenvalue weighted by atomic mass is 79.9. The van der Waals surface area contributed by atoms with Crippen molar-refractivity contribution >= 4 is 33.3 Å². The van der Waals surface area contributed by atoms with Crippen molar-refractivity contribution in [2.75, 3.05) is 17.2 Å². The fourth-order valence-corrected chi connectivity index (χ4v) is 2.26. The van der Waals surface area contributed by atoms with E-state index in [0.717, 1.165) is 28.8 Å². The second-order valence-electron chi connectivity index (χ2n) is 4.18. The predicted molar refractivity (Wildman–Crippen MR) is 83.0 cm³/mol. The Morgan fingerprint density at radius 1 is 1.20 bits per heavy atom. The van der Waals surface area contributed by atoms with Crippen molar-refractivity contribution in [1.29, 1.82) is 0 Å². The van der Waals surface area contributed by atoms with E-state index in [1.165, 1.54) is 12.4 Å². The molecule has 2 aromatic rings. The van der Waals surface area contributed by atoms with Crippen LogP contribution in [0.2, 0.25) is 0 Å². The van der Waals surface area contributed by atoms with Gasteiger partial charge in [0.05, 0.1) is 5.69 Å². The van der Waals surface area contributed by atoms with Crippen LogP contribution in [0, 0.1) is 5.82 Å². The Morgan fingerprint density at radius 2 is 1.95 bits per heavy atom. The molecule has 6 heteroatoms. The van der Waals surface area contributed by atoms with Crippen molar-refractivity contribution in [2.24, 2.45) is 0 Å². The van der Waals surface area contributed by atoms with Gasteiger partial charge in [-0.2, -0.15) is 0 Å². The molecule has 0 aliphatic carbocycles. The van der Waals surface area contributed by atoms with Crippen LogP contribution in [0.25, 0.3) is 0 Å². The van der Waals surface area contributed by atoms with Gasteiger partial charge in [0.25, 0.3) is 0 Å². The maximum absolute atomic E-state index is 13.8. The molecule has 0 fully saturated rings. The van der Waals surface area contributed by atoms with Gasteiger partial charge < -0.3 is 10.6 Å². The van der Waals surface area contributed by atoms with E-state index in [9.17, 15) is 4.39 Å². The van der Waals surface area contributed by atoms with Crippen molar-refractivity contribution in [2.45, 2.75) is 20.3 Å². The summed E-state index contributed by atoms with van der Waals surface area (Å²) in [6.45, 7) is 4.79. The lowest BCUT2D eigenvalue weighted by molar-refractivity contribution is 0.631. The van der Waals surface area contributed by atoms with Gasteiger partial charge in [0.2, 0.25) is 0 Å². The Bertz CT molecular complexity index is 604. The van der Waals surface area contributed by atoms with E-state index in [4.69, 9.17) is 0 Å². The van der Waals surface area contributed by atoms with Crippen LogP contribution < -0.4 is 10.6 Å². The Labute approximate surface area is 126 Å². The Kier molecular flexibility index (Phi) is 4.89. The molecule has 106 valence electrons. The van der Waals surface area contributed by atoms with Crippen LogP contribution in [0.4, 0.5) is 21.7 Å². The van der Waals surface area contributed by atoms with Gasteiger partial charge >= 0.3 is 0 Å². The first kappa shape index (κ1) is 14.7. The first-order valence-electron chi connectivity index (χ1n) is 6.45. The number of rotatable bonds is 5. The zero-order valence-electron chi connectivity index (χ0n) is 11.4. The third kappa shape index (κ3) is 3.25. The lowest BCUT2D eigenvalue weighted by atomic mass is 10.2. The third-order valence-electron chi connectivity index (χ3n) is 2.82. The SMILES string of the molecule is CCNc1ncnc(Nc2cc(Br)ccc2F)c1CC. The van der Waals surface area contributed by atoms with Crippen molar-refractivity contribution in [3.63, 3.8) is 0 Å². The Hall–Kier alpha value is -1.69. The van der Waals surface area contributed by atoms with Crippen LogP contribution in [0.15, 0.2) is 29.0 Å². The average Bonchev–Trinajstić information content (AvgIpc) is 2.43. The summed E-state index contributed by atoms with van der Waals surface area (Å²) in [5, 5.41) is 6.22. The smallest absolute Gasteiger partial charge is 0.146 e. The standard InChI is InChI=1S/C14H16BrFN4/c1-3-10-13(17-4-2)18-8-19-14(10)20-12-7-9(15)5-6-11(12)16/h5-8H,3-4H2,1-2H3,(H2,17,18,19,20). The molecule has 0 atom stereocenters. The summed E-state index contributed by atoms with van der Waals surface area (Å²) in [6, 6.07) is 4.75. The van der Waals surface area contributed by atoms with Crippen LogP contribution in [0.1, 0.15) is 19.4 Å². The Balaban J connectivity index is 2.37. The van der Waals surface area contributed by atoms with Crippen molar-refractivity contribution in [3.8, 4) is 0 Å². The van der Waals surface area contributed by atoms with Crippen LogP contribution in [-0.2, 0) is 6.42 Å². The molecule has 1 aromatic carbocycles. The minimum Gasteiger partial charge on any atom is -0.370 e. The topological polar surface area (TPSA) is 49.8 Å². The number of anilines is 3. The van der Waals surface area contributed by atoms with Gasteiger partial charge in [-0.3, -0.25) is 0 Å². The summed E-state index contributed by atoms with van der Waals surface area (Å²) in [4.78, 5) is 8.43. The largest absolute Gasteiger partial charge is 0.370 e. The number of hydrogen-bond acceptors (Lipinski definition) is 4. The number of nitrogens with zero attached hydrogens (tertiary/aromatic N) is 2. The minimum absolute atomic E-state index is 0.320. The second kappa shape index (κ2) is 6.65. The minimum atomic E-state index is -0.320. The molecule has 0 saturated carbocycles. The fraction of sp³-hybridized carbons (Fsp3) is 0.286. The molecule has 0 saturated heterocycles. The highest BCUT2D eigenvalue weighted by Crippen LogP contribution is 2.27. The lowest BCUT2D eigenvalue weighted by Gasteiger charge is -2.14. The molecule has 20 heavy (non-hydrogen) atoms. The van der Waals surface area contributed by atoms with Gasteiger partial charge in [-0.05, 0) is 31.5 Å². The van der Waals surface area contributed by atoms with E-state index in [1.807, 2.05) is 13.8 Å². The van der Waals surface area contributed by atoms with Gasteiger partial charge in [0.15, 0.2) is 0 Å². The predicted octanol–water partition coefficient (Wildman–Crippen LogP) is 4.12. The molecular formula is C14H16BrFN4. The molecule has 2 N–H and O–H groups in total. The summed E-state index contributed by atoms with van der Waals surface area (Å²) < 4.78 is 14.6. The molecule has 0 radical (unpaired) electrons. The molecule has 0 aliphatic rings. The van der Waals surface area contributed by atoms with Crippen LogP contribution in [0.5, 0.6) is 0 Å². The second-order valence-corrected chi connectivity index (χ2v) is 5.10. The zero-order valence-corrected chi connectivity index (χ0v) is 13.0. The van der Waals surface area contributed by atoms with Gasteiger partial charge in [-0.25, -0.2) is 14.4 Å². The molecule has 0 unspecified atom stereocenters. The van der Waals surface area contributed by atoms with E-state index >= 15 is 0 Å². The van der Waals surface area contributed by atoms with Crippen molar-refractivity contribution < 1.29 is 4.39 Å². The summed E-state index contributed by atoms with van der Waals surface area (Å²) in [7, 11) is 0. The van der Waals surface area contributed by atoms with Crippen LogP contribution >= 0.6 is 15.9 Å². The van der Waals surface area contributed by atoms with E-state index in [1.54, 1.807) is 12.1 Å². The maximum atomic E-state index is 13.8. The van der Waals surface area contributed by atoms with E-state index in [2.05, 4.69) is 36.5 Å². The summed E-state index contributed by atoms with van der Waals surface area (Å²) in [5.41, 5.74) is 1.32. The molecule has 0 bridgehead atoms. The van der Waals surface area contributed by atoms with Crippen molar-refractivity contribution in [3.05, 3.63) is 40.4 Å². The van der Waals surface area contributed by atoms with Crippen LogP contribution in [-0.4, -0.2) is 16.5 Å². The normalized spacial score (nSPS) is 10.4. The van der Waals surface area contributed by atoms with Gasteiger partial charge in [0.1, 0.15) is 23.8 Å². The molecule has 1 heterocycles. The molecule has 1 aromatic heterocycles. The molecule has 4 nitrogen and oxygen atoms in total.